The van der Waals surface area contributed by atoms with Gasteiger partial charge < -0.3 is 14.2 Å². The summed E-state index contributed by atoms with van der Waals surface area (Å²) in [5, 5.41) is 0. The monoisotopic (exact) mass is 578 g/mol. The zero-order valence-electron chi connectivity index (χ0n) is 26.5. The number of carbonyl (C=O) groups is 2. The smallest absolute Gasteiger partial charge is 0.343 e. The van der Waals surface area contributed by atoms with Crippen LogP contribution in [0.1, 0.15) is 96.9 Å². The average molecular weight is 579 g/mol. The molecule has 0 bridgehead atoms. The van der Waals surface area contributed by atoms with Crippen LogP contribution in [0.5, 0.6) is 23.0 Å². The Morgan fingerprint density at radius 3 is 1.65 bits per heavy atom. The standard InChI is InChI=1S/C38H42O5/c1-9-38(7,8)43-35-21-15-31(23-26(35)5)27(6)30-14-20-34(25(4)22-30)42-37(40)29-12-18-33(19-13-29)41-32-16-10-28(11-17-32)36(39)24(2)3/h10-24,27H,9H2,1-8H3. The summed E-state index contributed by atoms with van der Waals surface area (Å²) in [6.45, 7) is 16.3. The lowest BCUT2D eigenvalue weighted by Crippen LogP contribution is -2.27. The molecule has 4 rings (SSSR count). The van der Waals surface area contributed by atoms with E-state index in [4.69, 9.17) is 14.2 Å². The van der Waals surface area contributed by atoms with Crippen molar-refractivity contribution >= 4 is 11.8 Å². The highest BCUT2D eigenvalue weighted by Gasteiger charge is 2.19. The Morgan fingerprint density at radius 2 is 1.19 bits per heavy atom. The van der Waals surface area contributed by atoms with Crippen LogP contribution in [0.2, 0.25) is 0 Å². The van der Waals surface area contributed by atoms with Crippen molar-refractivity contribution < 1.29 is 23.8 Å². The van der Waals surface area contributed by atoms with Gasteiger partial charge in [-0.15, -0.1) is 0 Å². The maximum absolute atomic E-state index is 12.9. The number of benzene rings is 4. The first-order chi connectivity index (χ1) is 20.4. The van der Waals surface area contributed by atoms with Gasteiger partial charge >= 0.3 is 5.97 Å². The number of carbonyl (C=O) groups excluding carboxylic acids is 2. The third-order valence-electron chi connectivity index (χ3n) is 7.83. The first-order valence-electron chi connectivity index (χ1n) is 14.9. The minimum atomic E-state index is -0.437. The largest absolute Gasteiger partial charge is 0.488 e. The Morgan fingerprint density at radius 1 is 0.698 bits per heavy atom. The summed E-state index contributed by atoms with van der Waals surface area (Å²) in [7, 11) is 0. The molecule has 1 atom stereocenters. The lowest BCUT2D eigenvalue weighted by atomic mass is 9.91. The number of rotatable bonds is 11. The normalized spacial score (nSPS) is 12.1. The van der Waals surface area contributed by atoms with Crippen LogP contribution in [0.15, 0.2) is 84.9 Å². The van der Waals surface area contributed by atoms with Gasteiger partial charge in [-0.2, -0.15) is 0 Å². The lowest BCUT2D eigenvalue weighted by molar-refractivity contribution is 0.0733. The van der Waals surface area contributed by atoms with Crippen LogP contribution in [0, 0.1) is 19.8 Å². The molecule has 43 heavy (non-hydrogen) atoms. The quantitative estimate of drug-likeness (QED) is 0.101. The molecule has 0 aromatic heterocycles. The van der Waals surface area contributed by atoms with Crippen molar-refractivity contribution in [1.29, 1.82) is 0 Å². The highest BCUT2D eigenvalue weighted by atomic mass is 16.5. The molecule has 4 aromatic carbocycles. The molecule has 0 fully saturated rings. The van der Waals surface area contributed by atoms with Crippen molar-refractivity contribution in [2.75, 3.05) is 0 Å². The average Bonchev–Trinajstić information content (AvgIpc) is 2.99. The van der Waals surface area contributed by atoms with Gasteiger partial charge in [0.1, 0.15) is 28.6 Å². The number of aryl methyl sites for hydroxylation is 2. The first-order valence-corrected chi connectivity index (χ1v) is 14.9. The van der Waals surface area contributed by atoms with Crippen molar-refractivity contribution in [1.82, 2.24) is 0 Å². The van der Waals surface area contributed by atoms with Gasteiger partial charge in [-0.05, 0) is 117 Å². The van der Waals surface area contributed by atoms with Gasteiger partial charge in [0.05, 0.1) is 5.56 Å². The second kappa shape index (κ2) is 13.3. The lowest BCUT2D eigenvalue weighted by Gasteiger charge is -2.26. The van der Waals surface area contributed by atoms with Gasteiger partial charge in [-0.3, -0.25) is 4.79 Å². The van der Waals surface area contributed by atoms with Crippen molar-refractivity contribution in [3.63, 3.8) is 0 Å². The van der Waals surface area contributed by atoms with Crippen LogP contribution in [-0.2, 0) is 0 Å². The molecule has 0 heterocycles. The van der Waals surface area contributed by atoms with E-state index in [1.807, 2.05) is 32.9 Å². The molecular weight excluding hydrogens is 536 g/mol. The summed E-state index contributed by atoms with van der Waals surface area (Å²) < 4.78 is 17.9. The summed E-state index contributed by atoms with van der Waals surface area (Å²) in [5.74, 6) is 2.39. The fraction of sp³-hybridized carbons (Fsp3) is 0.316. The second-order valence-corrected chi connectivity index (χ2v) is 12.0. The molecule has 0 saturated heterocycles. The van der Waals surface area contributed by atoms with Crippen LogP contribution in [-0.4, -0.2) is 17.4 Å². The SMILES string of the molecule is CCC(C)(C)Oc1ccc(C(C)c2ccc(OC(=O)c3ccc(Oc4ccc(C(=O)C(C)C)cc4)cc3)c(C)c2)cc1C. The van der Waals surface area contributed by atoms with Gasteiger partial charge in [0.25, 0.3) is 0 Å². The van der Waals surface area contributed by atoms with E-state index < -0.39 is 5.97 Å². The molecule has 1 unspecified atom stereocenters. The molecule has 5 heteroatoms. The molecule has 0 aliphatic rings. The topological polar surface area (TPSA) is 61.8 Å². The predicted molar refractivity (Wildman–Crippen MR) is 172 cm³/mol. The first kappa shape index (κ1) is 31.6. The van der Waals surface area contributed by atoms with Crippen molar-refractivity contribution in [3.8, 4) is 23.0 Å². The zero-order chi connectivity index (χ0) is 31.3. The highest BCUT2D eigenvalue weighted by molar-refractivity contribution is 5.97. The third kappa shape index (κ3) is 7.92. The number of hydrogen-bond donors (Lipinski definition) is 0. The fourth-order valence-electron chi connectivity index (χ4n) is 4.65. The third-order valence-corrected chi connectivity index (χ3v) is 7.83. The molecular formula is C38H42O5. The number of hydrogen-bond acceptors (Lipinski definition) is 5. The Balaban J connectivity index is 1.39. The number of ketones is 1. The van der Waals surface area contributed by atoms with E-state index in [-0.39, 0.29) is 23.2 Å². The van der Waals surface area contributed by atoms with Crippen molar-refractivity contribution in [2.24, 2.45) is 5.92 Å². The molecule has 0 aliphatic heterocycles. The van der Waals surface area contributed by atoms with E-state index >= 15 is 0 Å². The van der Waals surface area contributed by atoms with Gasteiger partial charge in [0, 0.05) is 17.4 Å². The van der Waals surface area contributed by atoms with Gasteiger partial charge in [-0.25, -0.2) is 4.79 Å². The number of esters is 1. The summed E-state index contributed by atoms with van der Waals surface area (Å²) >= 11 is 0. The molecule has 0 spiro atoms. The van der Waals surface area contributed by atoms with Crippen LogP contribution >= 0.6 is 0 Å². The summed E-state index contributed by atoms with van der Waals surface area (Å²) in [4.78, 5) is 25.1. The van der Waals surface area contributed by atoms with E-state index in [0.717, 1.165) is 28.9 Å². The minimum absolute atomic E-state index is 0.0595. The Kier molecular flexibility index (Phi) is 9.75. The minimum Gasteiger partial charge on any atom is -0.488 e. The Hall–Kier alpha value is -4.38. The summed E-state index contributed by atoms with van der Waals surface area (Å²) in [6.07, 6.45) is 0.930. The molecule has 0 radical (unpaired) electrons. The maximum Gasteiger partial charge on any atom is 0.343 e. The molecule has 0 aliphatic carbocycles. The predicted octanol–water partition coefficient (Wildman–Crippen LogP) is 9.87. The van der Waals surface area contributed by atoms with E-state index in [0.29, 0.717) is 28.4 Å². The zero-order valence-corrected chi connectivity index (χ0v) is 26.5. The molecule has 0 N–H and O–H groups in total. The van der Waals surface area contributed by atoms with Crippen molar-refractivity contribution in [3.05, 3.63) is 118 Å². The van der Waals surface area contributed by atoms with Gasteiger partial charge in [0.2, 0.25) is 0 Å². The van der Waals surface area contributed by atoms with Gasteiger partial charge in [0.15, 0.2) is 5.78 Å². The highest BCUT2D eigenvalue weighted by Crippen LogP contribution is 2.33. The fourth-order valence-corrected chi connectivity index (χ4v) is 4.65. The van der Waals surface area contributed by atoms with Crippen molar-refractivity contribution in [2.45, 2.75) is 73.3 Å². The van der Waals surface area contributed by atoms with E-state index in [2.05, 4.69) is 58.9 Å². The Labute approximate surface area is 255 Å². The van der Waals surface area contributed by atoms with E-state index in [1.54, 1.807) is 48.5 Å². The van der Waals surface area contributed by atoms with Gasteiger partial charge in [-0.1, -0.05) is 52.0 Å². The molecule has 0 amide bonds. The summed E-state index contributed by atoms with van der Waals surface area (Å²) in [6, 6.07) is 26.2. The second-order valence-electron chi connectivity index (χ2n) is 12.0. The van der Waals surface area contributed by atoms with Crippen LogP contribution in [0.3, 0.4) is 0 Å². The molecule has 0 saturated carbocycles. The number of ether oxygens (including phenoxy) is 3. The maximum atomic E-state index is 12.9. The Bertz CT molecular complexity index is 1580. The van der Waals surface area contributed by atoms with Crippen LogP contribution in [0.4, 0.5) is 0 Å². The molecule has 5 nitrogen and oxygen atoms in total. The molecule has 4 aromatic rings. The summed E-state index contributed by atoms with van der Waals surface area (Å²) in [5.41, 5.74) is 5.21. The molecule has 224 valence electrons. The van der Waals surface area contributed by atoms with E-state index in [9.17, 15) is 9.59 Å². The number of Topliss-reactive ketones (excluding diaryl/α,β-unsaturated/α-hetero) is 1. The van der Waals surface area contributed by atoms with E-state index in [1.165, 1.54) is 5.56 Å². The van der Waals surface area contributed by atoms with Crippen LogP contribution < -0.4 is 14.2 Å². The van der Waals surface area contributed by atoms with Crippen LogP contribution in [0.25, 0.3) is 0 Å².